The predicted octanol–water partition coefficient (Wildman–Crippen LogP) is 1.34. The van der Waals surface area contributed by atoms with Crippen LogP contribution < -0.4 is 10.6 Å². The van der Waals surface area contributed by atoms with Crippen LogP contribution in [0, 0.1) is 5.41 Å². The number of methoxy groups -OCH3 is 1. The maximum Gasteiger partial charge on any atom is 0.252 e. The number of halogens is 1. The molecule has 4 nitrogen and oxygen atoms in total. The second-order valence-corrected chi connectivity index (χ2v) is 5.69. The highest BCUT2D eigenvalue weighted by Gasteiger charge is 2.39. The summed E-state index contributed by atoms with van der Waals surface area (Å²) < 4.78 is 5.45. The Morgan fingerprint density at radius 1 is 1.35 bits per heavy atom. The van der Waals surface area contributed by atoms with Gasteiger partial charge in [0.05, 0.1) is 0 Å². The molecule has 0 spiro atoms. The molecule has 1 saturated heterocycles. The summed E-state index contributed by atoms with van der Waals surface area (Å²) in [5.74, 6) is 0.0337. The molecule has 0 aromatic carbocycles. The third-order valence-corrected chi connectivity index (χ3v) is 3.00. The Bertz CT molecular complexity index is 245. The van der Waals surface area contributed by atoms with E-state index in [1.54, 1.807) is 7.11 Å². The summed E-state index contributed by atoms with van der Waals surface area (Å²) in [5.41, 5.74) is -0.506. The number of ether oxygens (including phenoxy) is 1. The molecule has 1 rings (SSSR count). The molecular weight excluding hydrogens is 240 g/mol. The molecule has 0 aliphatic carbocycles. The molecule has 0 bridgehead atoms. The smallest absolute Gasteiger partial charge is 0.252 e. The van der Waals surface area contributed by atoms with Crippen molar-refractivity contribution in [3.8, 4) is 0 Å². The molecule has 0 unspecified atom stereocenters. The van der Waals surface area contributed by atoms with Crippen LogP contribution in [-0.4, -0.2) is 38.3 Å². The lowest BCUT2D eigenvalue weighted by molar-refractivity contribution is -0.147. The van der Waals surface area contributed by atoms with Crippen molar-refractivity contribution in [3.05, 3.63) is 0 Å². The average Bonchev–Trinajstić information content (AvgIpc) is 2.25. The normalized spacial score (nSPS) is 19.3. The van der Waals surface area contributed by atoms with E-state index in [4.69, 9.17) is 4.74 Å². The molecule has 5 heteroatoms. The topological polar surface area (TPSA) is 50.4 Å². The summed E-state index contributed by atoms with van der Waals surface area (Å²) in [7, 11) is 1.63. The zero-order chi connectivity index (χ0) is 12.2. The van der Waals surface area contributed by atoms with Gasteiger partial charge >= 0.3 is 0 Å². The van der Waals surface area contributed by atoms with Crippen molar-refractivity contribution >= 4 is 18.3 Å². The molecule has 0 saturated carbocycles. The predicted molar refractivity (Wildman–Crippen MR) is 71.6 cm³/mol. The van der Waals surface area contributed by atoms with Gasteiger partial charge in [0.1, 0.15) is 5.60 Å². The van der Waals surface area contributed by atoms with Crippen LogP contribution in [0.5, 0.6) is 0 Å². The molecule has 1 fully saturated rings. The van der Waals surface area contributed by atoms with Gasteiger partial charge in [-0.2, -0.15) is 0 Å². The quantitative estimate of drug-likeness (QED) is 0.809. The SMILES string of the molecule is COC1(C(=O)NCC(C)(C)C)CCNCC1.Cl. The van der Waals surface area contributed by atoms with E-state index in [1.807, 2.05) is 0 Å². The lowest BCUT2D eigenvalue weighted by atomic mass is 9.90. The standard InChI is InChI=1S/C12H24N2O2.ClH/c1-11(2,3)9-14-10(15)12(16-4)5-7-13-8-6-12;/h13H,5-9H2,1-4H3,(H,14,15);1H. The number of piperidine rings is 1. The van der Waals surface area contributed by atoms with Crippen LogP contribution in [0.3, 0.4) is 0 Å². The molecule has 0 atom stereocenters. The molecule has 0 aromatic heterocycles. The van der Waals surface area contributed by atoms with Crippen LogP contribution >= 0.6 is 12.4 Å². The third-order valence-electron chi connectivity index (χ3n) is 3.00. The summed E-state index contributed by atoms with van der Waals surface area (Å²) in [4.78, 5) is 12.1. The molecule has 1 amide bonds. The Hall–Kier alpha value is -0.320. The van der Waals surface area contributed by atoms with Gasteiger partial charge in [0.2, 0.25) is 0 Å². The van der Waals surface area contributed by atoms with Gasteiger partial charge < -0.3 is 15.4 Å². The minimum Gasteiger partial charge on any atom is -0.368 e. The van der Waals surface area contributed by atoms with Crippen LogP contribution in [0.25, 0.3) is 0 Å². The lowest BCUT2D eigenvalue weighted by Gasteiger charge is -2.35. The van der Waals surface area contributed by atoms with Crippen molar-refractivity contribution in [2.75, 3.05) is 26.7 Å². The van der Waals surface area contributed by atoms with Gasteiger partial charge in [-0.3, -0.25) is 4.79 Å². The molecule has 17 heavy (non-hydrogen) atoms. The first kappa shape index (κ1) is 16.7. The summed E-state index contributed by atoms with van der Waals surface area (Å²) in [6, 6.07) is 0. The zero-order valence-electron chi connectivity index (χ0n) is 11.3. The van der Waals surface area contributed by atoms with E-state index in [-0.39, 0.29) is 23.7 Å². The van der Waals surface area contributed by atoms with Crippen LogP contribution in [0.15, 0.2) is 0 Å². The van der Waals surface area contributed by atoms with Crippen LogP contribution in [-0.2, 0) is 9.53 Å². The Morgan fingerprint density at radius 2 is 1.88 bits per heavy atom. The maximum absolute atomic E-state index is 12.1. The highest BCUT2D eigenvalue weighted by Crippen LogP contribution is 2.23. The van der Waals surface area contributed by atoms with Gasteiger partial charge in [0, 0.05) is 13.7 Å². The first-order chi connectivity index (χ1) is 7.40. The van der Waals surface area contributed by atoms with Crippen molar-refractivity contribution in [1.82, 2.24) is 10.6 Å². The highest BCUT2D eigenvalue weighted by molar-refractivity contribution is 5.85. The van der Waals surface area contributed by atoms with Crippen LogP contribution in [0.4, 0.5) is 0 Å². The first-order valence-corrected chi connectivity index (χ1v) is 5.94. The molecule has 0 radical (unpaired) electrons. The van der Waals surface area contributed by atoms with Crippen molar-refractivity contribution in [1.29, 1.82) is 0 Å². The minimum atomic E-state index is -0.615. The van der Waals surface area contributed by atoms with E-state index in [0.29, 0.717) is 6.54 Å². The van der Waals surface area contributed by atoms with Gasteiger partial charge in [0.15, 0.2) is 0 Å². The van der Waals surface area contributed by atoms with E-state index >= 15 is 0 Å². The molecule has 1 aliphatic rings. The summed E-state index contributed by atoms with van der Waals surface area (Å²) in [5, 5.41) is 6.23. The van der Waals surface area contributed by atoms with Gasteiger partial charge in [-0.15, -0.1) is 12.4 Å². The lowest BCUT2D eigenvalue weighted by Crippen LogP contribution is -2.55. The number of hydrogen-bond donors (Lipinski definition) is 2. The van der Waals surface area contributed by atoms with Crippen molar-refractivity contribution < 1.29 is 9.53 Å². The fourth-order valence-electron chi connectivity index (χ4n) is 1.86. The number of nitrogens with one attached hydrogen (secondary N) is 2. The van der Waals surface area contributed by atoms with Gasteiger partial charge in [-0.05, 0) is 31.3 Å². The maximum atomic E-state index is 12.1. The molecule has 1 heterocycles. The van der Waals surface area contributed by atoms with Crippen LogP contribution in [0.2, 0.25) is 0 Å². The van der Waals surface area contributed by atoms with Crippen molar-refractivity contribution in [3.63, 3.8) is 0 Å². The highest BCUT2D eigenvalue weighted by atomic mass is 35.5. The summed E-state index contributed by atoms with van der Waals surface area (Å²) in [6.45, 7) is 8.69. The monoisotopic (exact) mass is 264 g/mol. The third kappa shape index (κ3) is 4.82. The largest absolute Gasteiger partial charge is 0.368 e. The van der Waals surface area contributed by atoms with Gasteiger partial charge in [0.25, 0.3) is 5.91 Å². The molecule has 2 N–H and O–H groups in total. The van der Waals surface area contributed by atoms with Crippen molar-refractivity contribution in [2.45, 2.75) is 39.2 Å². The average molecular weight is 265 g/mol. The first-order valence-electron chi connectivity index (χ1n) is 5.94. The number of carbonyl (C=O) groups is 1. The molecular formula is C12H25ClN2O2. The number of carbonyl (C=O) groups excluding carboxylic acids is 1. The van der Waals surface area contributed by atoms with E-state index in [1.165, 1.54) is 0 Å². The summed E-state index contributed by atoms with van der Waals surface area (Å²) in [6.07, 6.45) is 1.50. The fraction of sp³-hybridized carbons (Fsp3) is 0.917. The Labute approximate surface area is 110 Å². The zero-order valence-corrected chi connectivity index (χ0v) is 12.1. The molecule has 1 aliphatic heterocycles. The van der Waals surface area contributed by atoms with E-state index < -0.39 is 5.60 Å². The fourth-order valence-corrected chi connectivity index (χ4v) is 1.86. The number of rotatable bonds is 3. The Morgan fingerprint density at radius 3 is 2.29 bits per heavy atom. The Kier molecular flexibility index (Phi) is 6.45. The van der Waals surface area contributed by atoms with Gasteiger partial charge in [-0.1, -0.05) is 20.8 Å². The molecule has 0 aromatic rings. The summed E-state index contributed by atoms with van der Waals surface area (Å²) >= 11 is 0. The van der Waals surface area contributed by atoms with Gasteiger partial charge in [-0.25, -0.2) is 0 Å². The molecule has 102 valence electrons. The van der Waals surface area contributed by atoms with E-state index in [2.05, 4.69) is 31.4 Å². The van der Waals surface area contributed by atoms with Crippen LogP contribution in [0.1, 0.15) is 33.6 Å². The Balaban J connectivity index is 0.00000256. The number of amides is 1. The minimum absolute atomic E-state index is 0. The second-order valence-electron chi connectivity index (χ2n) is 5.69. The second kappa shape index (κ2) is 6.57. The number of hydrogen-bond acceptors (Lipinski definition) is 3. The van der Waals surface area contributed by atoms with E-state index in [0.717, 1.165) is 25.9 Å². The van der Waals surface area contributed by atoms with E-state index in [9.17, 15) is 4.79 Å². The van der Waals surface area contributed by atoms with Crippen molar-refractivity contribution in [2.24, 2.45) is 5.41 Å².